The first kappa shape index (κ1) is 13.0. The molecule has 1 rings (SSSR count). The van der Waals surface area contributed by atoms with Crippen molar-refractivity contribution in [2.45, 2.75) is 39.3 Å². The summed E-state index contributed by atoms with van der Waals surface area (Å²) in [6.45, 7) is 6.18. The number of aliphatic hydroxyl groups excluding tert-OH is 1. The summed E-state index contributed by atoms with van der Waals surface area (Å²) in [6.07, 6.45) is 0.278. The number of ether oxygens (including phenoxy) is 1. The molecule has 0 amide bonds. The van der Waals surface area contributed by atoms with Gasteiger partial charge in [0.05, 0.1) is 6.10 Å². The third-order valence-electron chi connectivity index (χ3n) is 2.56. The molecule has 0 aliphatic carbocycles. The van der Waals surface area contributed by atoms with Gasteiger partial charge in [-0.2, -0.15) is 0 Å². The lowest BCUT2D eigenvalue weighted by molar-refractivity contribution is 0.103. The molecule has 1 unspecified atom stereocenters. The van der Waals surface area contributed by atoms with Crippen molar-refractivity contribution in [3.63, 3.8) is 0 Å². The van der Waals surface area contributed by atoms with Crippen molar-refractivity contribution >= 4 is 0 Å². The van der Waals surface area contributed by atoms with E-state index in [0.717, 1.165) is 16.9 Å². The lowest BCUT2D eigenvalue weighted by Crippen LogP contribution is -2.17. The molecule has 3 N–H and O–H groups in total. The predicted molar refractivity (Wildman–Crippen MR) is 65.6 cm³/mol. The van der Waals surface area contributed by atoms with E-state index in [4.69, 9.17) is 10.5 Å². The third-order valence-corrected chi connectivity index (χ3v) is 2.56. The summed E-state index contributed by atoms with van der Waals surface area (Å²) in [7, 11) is 0. The normalized spacial score (nSPS) is 14.6. The minimum Gasteiger partial charge on any atom is -0.491 e. The molecule has 0 saturated carbocycles. The lowest BCUT2D eigenvalue weighted by atomic mass is 10.1. The Bertz CT molecular complexity index is 337. The van der Waals surface area contributed by atoms with Crippen LogP contribution in [-0.4, -0.2) is 17.8 Å². The smallest absolute Gasteiger partial charge is 0.124 e. The maximum absolute atomic E-state index is 9.46. The fourth-order valence-electron chi connectivity index (χ4n) is 1.45. The topological polar surface area (TPSA) is 55.5 Å². The number of aryl methyl sites for hydroxylation is 1. The van der Waals surface area contributed by atoms with Gasteiger partial charge in [-0.3, -0.25) is 0 Å². The maximum atomic E-state index is 9.46. The fraction of sp³-hybridized carbons (Fsp3) is 0.538. The van der Waals surface area contributed by atoms with Crippen molar-refractivity contribution in [1.29, 1.82) is 0 Å². The van der Waals surface area contributed by atoms with Crippen LogP contribution in [0, 0.1) is 6.92 Å². The van der Waals surface area contributed by atoms with E-state index < -0.39 is 6.10 Å². The van der Waals surface area contributed by atoms with E-state index in [1.165, 1.54) is 0 Å². The molecule has 2 atom stereocenters. The van der Waals surface area contributed by atoms with Crippen LogP contribution in [0.25, 0.3) is 0 Å². The van der Waals surface area contributed by atoms with Crippen LogP contribution in [-0.2, 0) is 0 Å². The number of rotatable bonds is 5. The second-order valence-electron chi connectivity index (χ2n) is 4.20. The molecule has 0 spiro atoms. The van der Waals surface area contributed by atoms with Crippen molar-refractivity contribution in [2.24, 2.45) is 5.73 Å². The highest BCUT2D eigenvalue weighted by atomic mass is 16.5. The van der Waals surface area contributed by atoms with Crippen LogP contribution in [0.3, 0.4) is 0 Å². The van der Waals surface area contributed by atoms with Gasteiger partial charge in [-0.25, -0.2) is 0 Å². The summed E-state index contributed by atoms with van der Waals surface area (Å²) in [5, 5.41) is 9.46. The highest BCUT2D eigenvalue weighted by molar-refractivity contribution is 5.38. The van der Waals surface area contributed by atoms with E-state index >= 15 is 0 Å². The molecule has 0 aromatic heterocycles. The zero-order chi connectivity index (χ0) is 12.1. The molecule has 0 aliphatic rings. The zero-order valence-corrected chi connectivity index (χ0v) is 10.2. The van der Waals surface area contributed by atoms with E-state index in [0.29, 0.717) is 13.0 Å². The molecule has 0 fully saturated rings. The molecule has 0 bridgehead atoms. The Labute approximate surface area is 97.2 Å². The monoisotopic (exact) mass is 223 g/mol. The van der Waals surface area contributed by atoms with Crippen molar-refractivity contribution in [2.75, 3.05) is 6.61 Å². The highest BCUT2D eigenvalue weighted by Crippen LogP contribution is 2.25. The van der Waals surface area contributed by atoms with Crippen molar-refractivity contribution in [1.82, 2.24) is 0 Å². The van der Waals surface area contributed by atoms with Crippen LogP contribution < -0.4 is 10.5 Å². The van der Waals surface area contributed by atoms with E-state index in [2.05, 4.69) is 0 Å². The van der Waals surface area contributed by atoms with Gasteiger partial charge in [-0.15, -0.1) is 0 Å². The SMILES string of the molecule is CCC(O)COc1cc(C)ccc1[C@H](C)N. The average Bonchev–Trinajstić information content (AvgIpc) is 2.25. The highest BCUT2D eigenvalue weighted by Gasteiger charge is 2.10. The van der Waals surface area contributed by atoms with Crippen LogP contribution in [0.15, 0.2) is 18.2 Å². The Morgan fingerprint density at radius 3 is 2.69 bits per heavy atom. The van der Waals surface area contributed by atoms with Gasteiger partial charge in [-0.05, 0) is 31.9 Å². The zero-order valence-electron chi connectivity index (χ0n) is 10.2. The molecule has 0 radical (unpaired) electrons. The lowest BCUT2D eigenvalue weighted by Gasteiger charge is -2.16. The van der Waals surface area contributed by atoms with Crippen molar-refractivity contribution < 1.29 is 9.84 Å². The predicted octanol–water partition coefficient (Wildman–Crippen LogP) is 2.16. The van der Waals surface area contributed by atoms with Gasteiger partial charge < -0.3 is 15.6 Å². The largest absolute Gasteiger partial charge is 0.491 e. The van der Waals surface area contributed by atoms with Gasteiger partial charge in [-0.1, -0.05) is 19.1 Å². The third kappa shape index (κ3) is 3.51. The standard InChI is InChI=1S/C13H21NO2/c1-4-11(15)8-16-13-7-9(2)5-6-12(13)10(3)14/h5-7,10-11,15H,4,8,14H2,1-3H3/t10-,11?/m0/s1. The number of hydrogen-bond acceptors (Lipinski definition) is 3. The molecule has 0 aliphatic heterocycles. The summed E-state index contributed by atoms with van der Waals surface area (Å²) in [4.78, 5) is 0. The van der Waals surface area contributed by atoms with Gasteiger partial charge >= 0.3 is 0 Å². The summed E-state index contributed by atoms with van der Waals surface area (Å²) >= 11 is 0. The number of aliphatic hydroxyl groups is 1. The Morgan fingerprint density at radius 2 is 2.12 bits per heavy atom. The first-order valence-electron chi connectivity index (χ1n) is 5.71. The summed E-state index contributed by atoms with van der Waals surface area (Å²) in [5.74, 6) is 0.780. The molecule has 3 heteroatoms. The Morgan fingerprint density at radius 1 is 1.44 bits per heavy atom. The molecular weight excluding hydrogens is 202 g/mol. The number of hydrogen-bond donors (Lipinski definition) is 2. The van der Waals surface area contributed by atoms with Crippen LogP contribution in [0.2, 0.25) is 0 Å². The van der Waals surface area contributed by atoms with E-state index in [-0.39, 0.29) is 6.04 Å². The van der Waals surface area contributed by atoms with Crippen LogP contribution in [0.1, 0.15) is 37.4 Å². The van der Waals surface area contributed by atoms with Gasteiger partial charge in [0.2, 0.25) is 0 Å². The van der Waals surface area contributed by atoms with Gasteiger partial charge in [0.1, 0.15) is 12.4 Å². The van der Waals surface area contributed by atoms with Crippen LogP contribution in [0.4, 0.5) is 0 Å². The van der Waals surface area contributed by atoms with E-state index in [1.807, 2.05) is 39.0 Å². The first-order chi connectivity index (χ1) is 7.54. The molecular formula is C13H21NO2. The second kappa shape index (κ2) is 5.87. The molecule has 16 heavy (non-hydrogen) atoms. The Kier molecular flexibility index (Phi) is 4.77. The molecule has 90 valence electrons. The fourth-order valence-corrected chi connectivity index (χ4v) is 1.45. The minimum atomic E-state index is -0.415. The molecule has 1 aromatic carbocycles. The van der Waals surface area contributed by atoms with Gasteiger partial charge in [0.15, 0.2) is 0 Å². The number of nitrogens with two attached hydrogens (primary N) is 1. The van der Waals surface area contributed by atoms with Gasteiger partial charge in [0.25, 0.3) is 0 Å². The maximum Gasteiger partial charge on any atom is 0.124 e. The molecule has 1 aromatic rings. The average molecular weight is 223 g/mol. The summed E-state index contributed by atoms with van der Waals surface area (Å²) < 4.78 is 5.60. The van der Waals surface area contributed by atoms with Gasteiger partial charge in [0, 0.05) is 11.6 Å². The Hall–Kier alpha value is -1.06. The summed E-state index contributed by atoms with van der Waals surface area (Å²) in [6, 6.07) is 5.89. The molecule has 0 saturated heterocycles. The van der Waals surface area contributed by atoms with Crippen LogP contribution in [0.5, 0.6) is 5.75 Å². The second-order valence-corrected chi connectivity index (χ2v) is 4.20. The Balaban J connectivity index is 2.80. The summed E-state index contributed by atoms with van der Waals surface area (Å²) in [5.41, 5.74) is 7.97. The first-order valence-corrected chi connectivity index (χ1v) is 5.71. The molecule has 3 nitrogen and oxygen atoms in total. The number of benzene rings is 1. The van der Waals surface area contributed by atoms with E-state index in [9.17, 15) is 5.11 Å². The molecule has 0 heterocycles. The quantitative estimate of drug-likeness (QED) is 0.804. The van der Waals surface area contributed by atoms with E-state index in [1.54, 1.807) is 0 Å². The van der Waals surface area contributed by atoms with Crippen molar-refractivity contribution in [3.8, 4) is 5.75 Å². The van der Waals surface area contributed by atoms with Crippen LogP contribution >= 0.6 is 0 Å². The van der Waals surface area contributed by atoms with Crippen molar-refractivity contribution in [3.05, 3.63) is 29.3 Å². The minimum absolute atomic E-state index is 0.0608.